The van der Waals surface area contributed by atoms with Crippen molar-refractivity contribution in [2.45, 2.75) is 21.9 Å². The molecular weight excluding hydrogens is 349 g/mol. The van der Waals surface area contributed by atoms with E-state index in [0.717, 1.165) is 17.3 Å². The molecule has 2 aromatic carbocycles. The van der Waals surface area contributed by atoms with Gasteiger partial charge in [-0.15, -0.1) is 0 Å². The number of thioether (sulfide) groups is 1. The summed E-state index contributed by atoms with van der Waals surface area (Å²) in [5.74, 6) is -0.243. The van der Waals surface area contributed by atoms with Crippen molar-refractivity contribution in [2.24, 2.45) is 0 Å². The second-order valence-corrected chi connectivity index (χ2v) is 7.78. The maximum atomic E-state index is 13.0. The molecule has 4 nitrogen and oxygen atoms in total. The quantitative estimate of drug-likeness (QED) is 0.645. The predicted octanol–water partition coefficient (Wildman–Crippen LogP) is 4.34. The maximum Gasteiger partial charge on any atom is 0.228 e. The Bertz CT molecular complexity index is 962. The minimum Gasteiger partial charge on any atom is -0.428 e. The van der Waals surface area contributed by atoms with E-state index >= 15 is 0 Å². The highest BCUT2D eigenvalue weighted by atomic mass is 32.2. The Labute approximate surface area is 143 Å². The minimum atomic E-state index is -3.79. The lowest BCUT2D eigenvalue weighted by atomic mass is 10.2. The van der Waals surface area contributed by atoms with Gasteiger partial charge in [0.15, 0.2) is 0 Å². The van der Waals surface area contributed by atoms with Gasteiger partial charge in [-0.3, -0.25) is 0 Å². The fraction of sp³-hybridized carbons (Fsp3) is 0.118. The highest BCUT2D eigenvalue weighted by molar-refractivity contribution is 7.99. The van der Waals surface area contributed by atoms with Crippen molar-refractivity contribution in [2.75, 3.05) is 6.26 Å². The van der Waals surface area contributed by atoms with Crippen molar-refractivity contribution in [1.82, 2.24) is 4.98 Å². The summed E-state index contributed by atoms with van der Waals surface area (Å²) in [6.45, 7) is 1.88. The smallest absolute Gasteiger partial charge is 0.228 e. The van der Waals surface area contributed by atoms with E-state index in [1.165, 1.54) is 24.3 Å². The standard InChI is InChI=1S/C17H14FNO3S2/c1-11-3-9-14(10-4-11)24(20,21)16-17(23-2)22-15(19-16)12-5-7-13(18)8-6-12/h3-10H,1-2H3. The number of oxazole rings is 1. The molecule has 1 heterocycles. The average Bonchev–Trinajstić information content (AvgIpc) is 3.01. The van der Waals surface area contributed by atoms with E-state index in [0.29, 0.717) is 5.56 Å². The van der Waals surface area contributed by atoms with Gasteiger partial charge < -0.3 is 4.42 Å². The Balaban J connectivity index is 2.10. The summed E-state index contributed by atoms with van der Waals surface area (Å²) in [5.41, 5.74) is 1.48. The van der Waals surface area contributed by atoms with Crippen LogP contribution in [0.4, 0.5) is 4.39 Å². The van der Waals surface area contributed by atoms with Gasteiger partial charge in [0, 0.05) is 5.56 Å². The van der Waals surface area contributed by atoms with Gasteiger partial charge in [-0.2, -0.15) is 4.98 Å². The summed E-state index contributed by atoms with van der Waals surface area (Å²) in [7, 11) is -3.79. The van der Waals surface area contributed by atoms with Crippen LogP contribution in [0.2, 0.25) is 0 Å². The zero-order valence-corrected chi connectivity index (χ0v) is 14.6. The predicted molar refractivity (Wildman–Crippen MR) is 90.3 cm³/mol. The number of aromatic nitrogens is 1. The molecule has 0 unspecified atom stereocenters. The van der Waals surface area contributed by atoms with Crippen LogP contribution in [-0.4, -0.2) is 19.7 Å². The summed E-state index contributed by atoms with van der Waals surface area (Å²) >= 11 is 1.16. The topological polar surface area (TPSA) is 60.2 Å². The van der Waals surface area contributed by atoms with Crippen LogP contribution in [0.1, 0.15) is 5.56 Å². The first-order valence-corrected chi connectivity index (χ1v) is 9.75. The minimum absolute atomic E-state index is 0.127. The van der Waals surface area contributed by atoms with E-state index < -0.39 is 9.84 Å². The summed E-state index contributed by atoms with van der Waals surface area (Å²) < 4.78 is 44.3. The molecule has 0 atom stereocenters. The maximum absolute atomic E-state index is 13.0. The van der Waals surface area contributed by atoms with E-state index in [2.05, 4.69) is 4.98 Å². The summed E-state index contributed by atoms with van der Waals surface area (Å²) in [5, 5.41) is 0.0769. The lowest BCUT2D eigenvalue weighted by Crippen LogP contribution is -2.03. The van der Waals surface area contributed by atoms with Gasteiger partial charge in [0.2, 0.25) is 25.8 Å². The third kappa shape index (κ3) is 3.09. The molecule has 0 amide bonds. The highest BCUT2D eigenvalue weighted by Crippen LogP contribution is 2.33. The number of hydrogen-bond acceptors (Lipinski definition) is 5. The fourth-order valence-electron chi connectivity index (χ4n) is 2.14. The normalized spacial score (nSPS) is 11.6. The van der Waals surface area contributed by atoms with E-state index in [1.807, 2.05) is 6.92 Å². The van der Waals surface area contributed by atoms with Crippen LogP contribution in [-0.2, 0) is 9.84 Å². The van der Waals surface area contributed by atoms with Gasteiger partial charge in [0.05, 0.1) is 4.90 Å². The highest BCUT2D eigenvalue weighted by Gasteiger charge is 2.28. The lowest BCUT2D eigenvalue weighted by molar-refractivity contribution is 0.471. The SMILES string of the molecule is CSc1oc(-c2ccc(F)cc2)nc1S(=O)(=O)c1ccc(C)cc1. The van der Waals surface area contributed by atoms with Crippen molar-refractivity contribution >= 4 is 21.6 Å². The summed E-state index contributed by atoms with van der Waals surface area (Å²) in [6, 6.07) is 12.1. The Hall–Kier alpha value is -2.12. The largest absolute Gasteiger partial charge is 0.428 e. The molecule has 0 fully saturated rings. The third-order valence-electron chi connectivity index (χ3n) is 3.43. The van der Waals surface area contributed by atoms with Crippen LogP contribution in [0.5, 0.6) is 0 Å². The molecule has 24 heavy (non-hydrogen) atoms. The Morgan fingerprint density at radius 1 is 1.04 bits per heavy atom. The third-order valence-corrected chi connectivity index (χ3v) is 5.88. The van der Waals surface area contributed by atoms with E-state index in [1.54, 1.807) is 30.5 Å². The van der Waals surface area contributed by atoms with E-state index in [-0.39, 0.29) is 26.7 Å². The molecule has 0 aliphatic carbocycles. The molecule has 0 saturated carbocycles. The fourth-order valence-corrected chi connectivity index (χ4v) is 4.28. The zero-order chi connectivity index (χ0) is 17.3. The number of hydrogen-bond donors (Lipinski definition) is 0. The number of rotatable bonds is 4. The molecule has 0 aliphatic rings. The van der Waals surface area contributed by atoms with Crippen molar-refractivity contribution < 1.29 is 17.2 Å². The van der Waals surface area contributed by atoms with Crippen molar-refractivity contribution in [3.05, 3.63) is 59.9 Å². The molecule has 0 radical (unpaired) electrons. The summed E-state index contributed by atoms with van der Waals surface area (Å²) in [4.78, 5) is 4.31. The number of nitrogens with zero attached hydrogens (tertiary/aromatic N) is 1. The summed E-state index contributed by atoms with van der Waals surface area (Å²) in [6.07, 6.45) is 1.71. The molecule has 124 valence electrons. The molecule has 3 aromatic rings. The monoisotopic (exact) mass is 363 g/mol. The van der Waals surface area contributed by atoms with Crippen molar-refractivity contribution in [3.8, 4) is 11.5 Å². The van der Waals surface area contributed by atoms with Gasteiger partial charge in [0.1, 0.15) is 5.82 Å². The molecule has 1 aromatic heterocycles. The number of halogens is 1. The Kier molecular flexibility index (Phi) is 4.47. The first-order chi connectivity index (χ1) is 11.4. The first-order valence-electron chi connectivity index (χ1n) is 7.04. The zero-order valence-electron chi connectivity index (χ0n) is 13.0. The number of aryl methyl sites for hydroxylation is 1. The van der Waals surface area contributed by atoms with Crippen LogP contribution >= 0.6 is 11.8 Å². The lowest BCUT2D eigenvalue weighted by Gasteiger charge is -2.02. The first kappa shape index (κ1) is 16.7. The molecule has 0 N–H and O–H groups in total. The van der Waals surface area contributed by atoms with Gasteiger partial charge in [0.25, 0.3) is 0 Å². The molecule has 3 rings (SSSR count). The van der Waals surface area contributed by atoms with Crippen LogP contribution in [0.3, 0.4) is 0 Å². The van der Waals surface area contributed by atoms with Gasteiger partial charge >= 0.3 is 0 Å². The van der Waals surface area contributed by atoms with Crippen molar-refractivity contribution in [1.29, 1.82) is 0 Å². The molecule has 0 spiro atoms. The van der Waals surface area contributed by atoms with E-state index in [9.17, 15) is 12.8 Å². The Morgan fingerprint density at radius 3 is 2.25 bits per heavy atom. The molecular formula is C17H14FNO3S2. The average molecular weight is 363 g/mol. The number of benzene rings is 2. The van der Waals surface area contributed by atoms with Crippen LogP contribution in [0.25, 0.3) is 11.5 Å². The van der Waals surface area contributed by atoms with Crippen LogP contribution in [0.15, 0.2) is 68.0 Å². The van der Waals surface area contributed by atoms with Crippen LogP contribution < -0.4 is 0 Å². The Morgan fingerprint density at radius 2 is 1.67 bits per heavy atom. The molecule has 0 saturated heterocycles. The molecule has 0 bridgehead atoms. The molecule has 7 heteroatoms. The van der Waals surface area contributed by atoms with E-state index in [4.69, 9.17) is 4.42 Å². The van der Waals surface area contributed by atoms with Gasteiger partial charge in [-0.05, 0) is 49.6 Å². The second-order valence-electron chi connectivity index (χ2n) is 5.14. The number of sulfone groups is 1. The van der Waals surface area contributed by atoms with Gasteiger partial charge in [-0.1, -0.05) is 29.5 Å². The molecule has 0 aliphatic heterocycles. The second kappa shape index (κ2) is 6.41. The van der Waals surface area contributed by atoms with Gasteiger partial charge in [-0.25, -0.2) is 12.8 Å². The van der Waals surface area contributed by atoms with Crippen LogP contribution in [0, 0.1) is 12.7 Å². The van der Waals surface area contributed by atoms with Crippen molar-refractivity contribution in [3.63, 3.8) is 0 Å².